The normalized spacial score (nSPS) is 21.7. The highest BCUT2D eigenvalue weighted by atomic mass is 32.1. The smallest absolute Gasteiger partial charge is 0.191 e. The number of guanidine groups is 1. The number of morpholine rings is 1. The number of ether oxygens (including phenoxy) is 1. The van der Waals surface area contributed by atoms with Crippen LogP contribution in [0.25, 0.3) is 0 Å². The van der Waals surface area contributed by atoms with Crippen LogP contribution in [0.15, 0.2) is 46.1 Å². The molecular formula is C23H34N4OS. The van der Waals surface area contributed by atoms with Gasteiger partial charge in [-0.2, -0.15) is 11.3 Å². The lowest BCUT2D eigenvalue weighted by Crippen LogP contribution is -2.45. The SMILES string of the molecule is CN=C(NCc1ccccc1CN1CC(C)OC(C)C1)NCC(C)c1ccsc1. The molecule has 1 aliphatic rings. The van der Waals surface area contributed by atoms with Gasteiger partial charge in [0.15, 0.2) is 5.96 Å². The number of nitrogens with one attached hydrogen (secondary N) is 2. The quantitative estimate of drug-likeness (QED) is 0.534. The average Bonchev–Trinajstić information content (AvgIpc) is 3.23. The summed E-state index contributed by atoms with van der Waals surface area (Å²) in [5, 5.41) is 11.3. The van der Waals surface area contributed by atoms with Gasteiger partial charge in [-0.25, -0.2) is 0 Å². The summed E-state index contributed by atoms with van der Waals surface area (Å²) >= 11 is 1.75. The Morgan fingerprint density at radius 3 is 2.55 bits per heavy atom. The predicted molar refractivity (Wildman–Crippen MR) is 123 cm³/mol. The van der Waals surface area contributed by atoms with E-state index in [0.717, 1.165) is 38.7 Å². The molecule has 0 bridgehead atoms. The number of thiophene rings is 1. The van der Waals surface area contributed by atoms with E-state index in [4.69, 9.17) is 4.74 Å². The third-order valence-corrected chi connectivity index (χ3v) is 6.07. The van der Waals surface area contributed by atoms with E-state index in [-0.39, 0.29) is 12.2 Å². The Bertz CT molecular complexity index is 767. The second kappa shape index (κ2) is 10.8. The number of hydrogen-bond donors (Lipinski definition) is 2. The number of rotatable bonds is 7. The van der Waals surface area contributed by atoms with Crippen LogP contribution in [-0.4, -0.2) is 49.7 Å². The third-order valence-electron chi connectivity index (χ3n) is 5.37. The standard InChI is InChI=1S/C23H34N4OS/c1-17(22-9-10-29-16-22)11-25-23(24-4)26-12-20-7-5-6-8-21(20)15-27-13-18(2)28-19(3)14-27/h5-10,16-19H,11-15H2,1-4H3,(H2,24,25,26). The first-order valence-electron chi connectivity index (χ1n) is 10.5. The van der Waals surface area contributed by atoms with Gasteiger partial charge < -0.3 is 15.4 Å². The average molecular weight is 415 g/mol. The summed E-state index contributed by atoms with van der Waals surface area (Å²) in [6.07, 6.45) is 0.578. The molecule has 3 rings (SSSR count). The van der Waals surface area contributed by atoms with Crippen molar-refractivity contribution in [2.24, 2.45) is 4.99 Å². The number of aliphatic imine (C=N–C) groups is 1. The molecule has 0 aliphatic carbocycles. The van der Waals surface area contributed by atoms with E-state index in [9.17, 15) is 0 Å². The summed E-state index contributed by atoms with van der Waals surface area (Å²) in [6.45, 7) is 11.1. The molecule has 0 amide bonds. The highest BCUT2D eigenvalue weighted by molar-refractivity contribution is 7.07. The van der Waals surface area contributed by atoms with Crippen molar-refractivity contribution in [3.63, 3.8) is 0 Å². The van der Waals surface area contributed by atoms with Crippen molar-refractivity contribution in [1.82, 2.24) is 15.5 Å². The van der Waals surface area contributed by atoms with Crippen LogP contribution in [-0.2, 0) is 17.8 Å². The summed E-state index contributed by atoms with van der Waals surface area (Å²) in [5.41, 5.74) is 4.05. The van der Waals surface area contributed by atoms with Crippen LogP contribution in [0.5, 0.6) is 0 Å². The lowest BCUT2D eigenvalue weighted by atomic mass is 10.1. The summed E-state index contributed by atoms with van der Waals surface area (Å²) in [7, 11) is 1.83. The zero-order valence-electron chi connectivity index (χ0n) is 18.0. The van der Waals surface area contributed by atoms with Gasteiger partial charge in [-0.3, -0.25) is 9.89 Å². The van der Waals surface area contributed by atoms with Gasteiger partial charge in [0.1, 0.15) is 0 Å². The van der Waals surface area contributed by atoms with Gasteiger partial charge in [-0.15, -0.1) is 0 Å². The molecule has 3 unspecified atom stereocenters. The maximum Gasteiger partial charge on any atom is 0.191 e. The zero-order valence-corrected chi connectivity index (χ0v) is 18.8. The minimum atomic E-state index is 0.289. The highest BCUT2D eigenvalue weighted by Gasteiger charge is 2.22. The molecule has 2 N–H and O–H groups in total. The fraction of sp³-hybridized carbons (Fsp3) is 0.522. The van der Waals surface area contributed by atoms with E-state index in [1.807, 2.05) is 7.05 Å². The van der Waals surface area contributed by atoms with Crippen LogP contribution < -0.4 is 10.6 Å². The molecule has 1 aliphatic heterocycles. The van der Waals surface area contributed by atoms with Crippen molar-refractivity contribution < 1.29 is 4.74 Å². The highest BCUT2D eigenvalue weighted by Crippen LogP contribution is 2.18. The number of benzene rings is 1. The molecule has 1 aromatic heterocycles. The van der Waals surface area contributed by atoms with Crippen molar-refractivity contribution in [2.45, 2.75) is 52.0 Å². The Balaban J connectivity index is 1.54. The van der Waals surface area contributed by atoms with Crippen molar-refractivity contribution in [1.29, 1.82) is 0 Å². The van der Waals surface area contributed by atoms with Gasteiger partial charge in [0.2, 0.25) is 0 Å². The minimum Gasteiger partial charge on any atom is -0.373 e. The molecule has 1 aromatic carbocycles. The molecule has 0 radical (unpaired) electrons. The van der Waals surface area contributed by atoms with E-state index in [0.29, 0.717) is 5.92 Å². The number of hydrogen-bond acceptors (Lipinski definition) is 4. The van der Waals surface area contributed by atoms with E-state index >= 15 is 0 Å². The summed E-state index contributed by atoms with van der Waals surface area (Å²) in [4.78, 5) is 6.89. The zero-order chi connectivity index (χ0) is 20.6. The monoisotopic (exact) mass is 414 g/mol. The van der Waals surface area contributed by atoms with E-state index < -0.39 is 0 Å². The maximum absolute atomic E-state index is 5.87. The third kappa shape index (κ3) is 6.56. The molecule has 29 heavy (non-hydrogen) atoms. The van der Waals surface area contributed by atoms with Crippen molar-refractivity contribution >= 4 is 17.3 Å². The number of nitrogens with zero attached hydrogens (tertiary/aromatic N) is 2. The lowest BCUT2D eigenvalue weighted by Gasteiger charge is -2.35. The van der Waals surface area contributed by atoms with E-state index in [1.165, 1.54) is 16.7 Å². The molecule has 6 heteroatoms. The fourth-order valence-corrected chi connectivity index (χ4v) is 4.64. The fourth-order valence-electron chi connectivity index (χ4n) is 3.86. The van der Waals surface area contributed by atoms with Gasteiger partial charge in [0, 0.05) is 39.8 Å². The van der Waals surface area contributed by atoms with Crippen LogP contribution in [0.3, 0.4) is 0 Å². The van der Waals surface area contributed by atoms with E-state index in [1.54, 1.807) is 11.3 Å². The molecule has 1 fully saturated rings. The van der Waals surface area contributed by atoms with Gasteiger partial charge in [0.25, 0.3) is 0 Å². The molecule has 0 spiro atoms. The summed E-state index contributed by atoms with van der Waals surface area (Å²) in [5.74, 6) is 1.30. The van der Waals surface area contributed by atoms with Crippen LogP contribution in [0, 0.1) is 0 Å². The molecule has 0 saturated carbocycles. The van der Waals surface area contributed by atoms with Gasteiger partial charge in [-0.1, -0.05) is 31.2 Å². The minimum absolute atomic E-state index is 0.289. The predicted octanol–water partition coefficient (Wildman–Crippen LogP) is 3.83. The van der Waals surface area contributed by atoms with Crippen molar-refractivity contribution in [3.8, 4) is 0 Å². The lowest BCUT2D eigenvalue weighted by molar-refractivity contribution is -0.0705. The van der Waals surface area contributed by atoms with Crippen LogP contribution in [0.4, 0.5) is 0 Å². The van der Waals surface area contributed by atoms with Crippen LogP contribution in [0.2, 0.25) is 0 Å². The van der Waals surface area contributed by atoms with Gasteiger partial charge in [-0.05, 0) is 53.3 Å². The Morgan fingerprint density at radius 1 is 1.17 bits per heavy atom. The summed E-state index contributed by atoms with van der Waals surface area (Å²) in [6, 6.07) is 10.9. The van der Waals surface area contributed by atoms with Gasteiger partial charge >= 0.3 is 0 Å². The first kappa shape index (κ1) is 21.8. The largest absolute Gasteiger partial charge is 0.373 e. The first-order chi connectivity index (χ1) is 14.0. The molecule has 5 nitrogen and oxygen atoms in total. The molecular weight excluding hydrogens is 380 g/mol. The topological polar surface area (TPSA) is 48.9 Å². The van der Waals surface area contributed by atoms with E-state index in [2.05, 4.69) is 82.4 Å². The summed E-state index contributed by atoms with van der Waals surface area (Å²) < 4.78 is 5.87. The van der Waals surface area contributed by atoms with Crippen molar-refractivity contribution in [2.75, 3.05) is 26.7 Å². The Labute approximate surface area is 179 Å². The second-order valence-corrected chi connectivity index (χ2v) is 8.76. The molecule has 158 valence electrons. The molecule has 2 heterocycles. The second-order valence-electron chi connectivity index (χ2n) is 7.98. The van der Waals surface area contributed by atoms with Gasteiger partial charge in [0.05, 0.1) is 12.2 Å². The van der Waals surface area contributed by atoms with Crippen molar-refractivity contribution in [3.05, 3.63) is 57.8 Å². The van der Waals surface area contributed by atoms with Crippen LogP contribution >= 0.6 is 11.3 Å². The molecule has 2 aromatic rings. The Morgan fingerprint density at radius 2 is 1.90 bits per heavy atom. The first-order valence-corrected chi connectivity index (χ1v) is 11.4. The maximum atomic E-state index is 5.87. The molecule has 1 saturated heterocycles. The molecule has 3 atom stereocenters. The Kier molecular flexibility index (Phi) is 8.09. The Hall–Kier alpha value is -1.89. The van der Waals surface area contributed by atoms with Crippen LogP contribution in [0.1, 0.15) is 43.4 Å².